The van der Waals surface area contributed by atoms with Gasteiger partial charge in [-0.2, -0.15) is 0 Å². The standard InChI is InChI=1S/C23H26N6O2/c1-31-20-5-2-18(3-6-20)4-9-23(30)29-16-14-28(15-17-29)22-8-7-21(26-27-22)25-19-10-12-24-13-11-19/h2-3,5-8,10-13H,4,9,14-17H2,1H3,(H,24,25,26). The van der Waals surface area contributed by atoms with E-state index in [9.17, 15) is 4.79 Å². The van der Waals surface area contributed by atoms with Gasteiger partial charge in [-0.1, -0.05) is 12.1 Å². The maximum absolute atomic E-state index is 12.6. The summed E-state index contributed by atoms with van der Waals surface area (Å²) < 4.78 is 5.17. The van der Waals surface area contributed by atoms with Crippen molar-refractivity contribution in [3.8, 4) is 5.75 Å². The van der Waals surface area contributed by atoms with Gasteiger partial charge >= 0.3 is 0 Å². The van der Waals surface area contributed by atoms with E-state index in [1.807, 2.05) is 53.4 Å². The van der Waals surface area contributed by atoms with Gasteiger partial charge in [0.15, 0.2) is 11.6 Å². The summed E-state index contributed by atoms with van der Waals surface area (Å²) in [6.45, 7) is 2.89. The van der Waals surface area contributed by atoms with Gasteiger partial charge in [-0.25, -0.2) is 0 Å². The van der Waals surface area contributed by atoms with Crippen LogP contribution in [0.25, 0.3) is 0 Å². The molecule has 1 fully saturated rings. The molecule has 0 aliphatic carbocycles. The Balaban J connectivity index is 1.24. The second-order valence-corrected chi connectivity index (χ2v) is 7.35. The highest BCUT2D eigenvalue weighted by atomic mass is 16.5. The van der Waals surface area contributed by atoms with Crippen molar-refractivity contribution in [1.82, 2.24) is 20.1 Å². The SMILES string of the molecule is COc1ccc(CCC(=O)N2CCN(c3ccc(Nc4ccncc4)nn3)CC2)cc1. The molecule has 3 aromatic rings. The van der Waals surface area contributed by atoms with Crippen LogP contribution in [0.5, 0.6) is 5.75 Å². The number of aromatic nitrogens is 3. The third-order valence-corrected chi connectivity index (χ3v) is 5.35. The number of ether oxygens (including phenoxy) is 1. The molecule has 0 unspecified atom stereocenters. The lowest BCUT2D eigenvalue weighted by Gasteiger charge is -2.35. The first-order valence-corrected chi connectivity index (χ1v) is 10.4. The maximum Gasteiger partial charge on any atom is 0.223 e. The second kappa shape index (κ2) is 9.88. The molecule has 0 spiro atoms. The second-order valence-electron chi connectivity index (χ2n) is 7.35. The van der Waals surface area contributed by atoms with Crippen LogP contribution in [0.4, 0.5) is 17.3 Å². The van der Waals surface area contributed by atoms with Crippen LogP contribution in [0, 0.1) is 0 Å². The van der Waals surface area contributed by atoms with Crippen molar-refractivity contribution in [2.75, 3.05) is 43.5 Å². The molecule has 1 saturated heterocycles. The van der Waals surface area contributed by atoms with Crippen LogP contribution in [0.15, 0.2) is 60.9 Å². The molecule has 2 aromatic heterocycles. The summed E-state index contributed by atoms with van der Waals surface area (Å²) in [7, 11) is 1.65. The van der Waals surface area contributed by atoms with E-state index in [0.29, 0.717) is 25.3 Å². The third kappa shape index (κ3) is 5.48. The lowest BCUT2D eigenvalue weighted by molar-refractivity contribution is -0.131. The molecule has 0 saturated carbocycles. The van der Waals surface area contributed by atoms with Gasteiger partial charge in [0.1, 0.15) is 5.75 Å². The minimum atomic E-state index is 0.193. The molecule has 1 aliphatic heterocycles. The molecule has 4 rings (SSSR count). The molecular weight excluding hydrogens is 392 g/mol. The van der Waals surface area contributed by atoms with Crippen molar-refractivity contribution < 1.29 is 9.53 Å². The average molecular weight is 419 g/mol. The fourth-order valence-electron chi connectivity index (χ4n) is 3.53. The zero-order chi connectivity index (χ0) is 21.5. The number of anilines is 3. The Bertz CT molecular complexity index is 971. The number of rotatable bonds is 7. The minimum absolute atomic E-state index is 0.193. The van der Waals surface area contributed by atoms with E-state index in [1.165, 1.54) is 0 Å². The summed E-state index contributed by atoms with van der Waals surface area (Å²) in [5, 5.41) is 11.8. The summed E-state index contributed by atoms with van der Waals surface area (Å²) in [5.41, 5.74) is 2.06. The van der Waals surface area contributed by atoms with Crippen LogP contribution in [0.3, 0.4) is 0 Å². The van der Waals surface area contributed by atoms with Crippen molar-refractivity contribution in [1.29, 1.82) is 0 Å². The molecule has 8 nitrogen and oxygen atoms in total. The highest BCUT2D eigenvalue weighted by Crippen LogP contribution is 2.18. The lowest BCUT2D eigenvalue weighted by Crippen LogP contribution is -2.49. The number of methoxy groups -OCH3 is 1. The van der Waals surface area contributed by atoms with Crippen molar-refractivity contribution in [2.45, 2.75) is 12.8 Å². The van der Waals surface area contributed by atoms with Crippen molar-refractivity contribution >= 4 is 23.2 Å². The van der Waals surface area contributed by atoms with E-state index in [1.54, 1.807) is 19.5 Å². The minimum Gasteiger partial charge on any atom is -0.497 e. The fourth-order valence-corrected chi connectivity index (χ4v) is 3.53. The van der Waals surface area contributed by atoms with E-state index < -0.39 is 0 Å². The third-order valence-electron chi connectivity index (χ3n) is 5.35. The zero-order valence-corrected chi connectivity index (χ0v) is 17.6. The topological polar surface area (TPSA) is 83.5 Å². The number of benzene rings is 1. The molecule has 3 heterocycles. The summed E-state index contributed by atoms with van der Waals surface area (Å²) in [5.74, 6) is 2.53. The molecule has 160 valence electrons. The molecule has 1 aromatic carbocycles. The summed E-state index contributed by atoms with van der Waals surface area (Å²) in [6.07, 6.45) is 4.70. The van der Waals surface area contributed by atoms with Crippen molar-refractivity contribution in [2.24, 2.45) is 0 Å². The van der Waals surface area contributed by atoms with Crippen LogP contribution in [-0.4, -0.2) is 59.3 Å². The van der Waals surface area contributed by atoms with E-state index in [-0.39, 0.29) is 5.91 Å². The number of aryl methyl sites for hydroxylation is 1. The number of carbonyl (C=O) groups excluding carboxylic acids is 1. The number of piperazine rings is 1. The van der Waals surface area contributed by atoms with Gasteiger partial charge in [-0.05, 0) is 48.4 Å². The first kappa shape index (κ1) is 20.6. The molecular formula is C23H26N6O2. The summed E-state index contributed by atoms with van der Waals surface area (Å²) >= 11 is 0. The number of carbonyl (C=O) groups is 1. The van der Waals surface area contributed by atoms with Crippen LogP contribution in [0.2, 0.25) is 0 Å². The smallest absolute Gasteiger partial charge is 0.223 e. The Labute approximate surface area is 181 Å². The molecule has 1 amide bonds. The molecule has 0 atom stereocenters. The van der Waals surface area contributed by atoms with Gasteiger partial charge in [-0.3, -0.25) is 9.78 Å². The van der Waals surface area contributed by atoms with E-state index in [4.69, 9.17) is 4.74 Å². The molecule has 0 bridgehead atoms. The van der Waals surface area contributed by atoms with Crippen molar-refractivity contribution in [3.63, 3.8) is 0 Å². The molecule has 1 N–H and O–H groups in total. The van der Waals surface area contributed by atoms with Crippen LogP contribution >= 0.6 is 0 Å². The molecule has 8 heteroatoms. The van der Waals surface area contributed by atoms with Gasteiger partial charge < -0.3 is 19.9 Å². The van der Waals surface area contributed by atoms with Crippen LogP contribution < -0.4 is 15.0 Å². The largest absolute Gasteiger partial charge is 0.497 e. The van der Waals surface area contributed by atoms with E-state index >= 15 is 0 Å². The highest BCUT2D eigenvalue weighted by molar-refractivity contribution is 5.76. The predicted molar refractivity (Wildman–Crippen MR) is 120 cm³/mol. The predicted octanol–water partition coefficient (Wildman–Crippen LogP) is 2.91. The number of nitrogens with one attached hydrogen (secondary N) is 1. The molecule has 31 heavy (non-hydrogen) atoms. The Morgan fingerprint density at radius 2 is 1.71 bits per heavy atom. The fraction of sp³-hybridized carbons (Fsp3) is 0.304. The number of amides is 1. The van der Waals surface area contributed by atoms with Crippen LogP contribution in [-0.2, 0) is 11.2 Å². The summed E-state index contributed by atoms with van der Waals surface area (Å²) in [4.78, 5) is 20.7. The van der Waals surface area contributed by atoms with E-state index in [2.05, 4.69) is 25.4 Å². The Morgan fingerprint density at radius 1 is 0.968 bits per heavy atom. The first-order chi connectivity index (χ1) is 15.2. The first-order valence-electron chi connectivity index (χ1n) is 10.4. The van der Waals surface area contributed by atoms with Gasteiger partial charge in [0.05, 0.1) is 7.11 Å². The van der Waals surface area contributed by atoms with E-state index in [0.717, 1.165) is 42.3 Å². The number of nitrogens with zero attached hydrogens (tertiary/aromatic N) is 5. The Morgan fingerprint density at radius 3 is 2.35 bits per heavy atom. The van der Waals surface area contributed by atoms with Gasteiger partial charge in [0.2, 0.25) is 5.91 Å². The summed E-state index contributed by atoms with van der Waals surface area (Å²) in [6, 6.07) is 15.5. The number of hydrogen-bond donors (Lipinski definition) is 1. The maximum atomic E-state index is 12.6. The van der Waals surface area contributed by atoms with Gasteiger partial charge in [-0.15, -0.1) is 10.2 Å². The average Bonchev–Trinajstić information content (AvgIpc) is 2.84. The Kier molecular flexibility index (Phi) is 6.56. The Hall–Kier alpha value is -3.68. The molecule has 0 radical (unpaired) electrons. The van der Waals surface area contributed by atoms with Crippen LogP contribution in [0.1, 0.15) is 12.0 Å². The highest BCUT2D eigenvalue weighted by Gasteiger charge is 2.22. The molecule has 1 aliphatic rings. The van der Waals surface area contributed by atoms with Gasteiger partial charge in [0, 0.05) is 50.7 Å². The lowest BCUT2D eigenvalue weighted by atomic mass is 10.1. The number of pyridine rings is 1. The zero-order valence-electron chi connectivity index (χ0n) is 17.6. The monoisotopic (exact) mass is 418 g/mol. The van der Waals surface area contributed by atoms with Crippen molar-refractivity contribution in [3.05, 3.63) is 66.5 Å². The number of hydrogen-bond acceptors (Lipinski definition) is 7. The normalized spacial score (nSPS) is 13.7. The quantitative estimate of drug-likeness (QED) is 0.632. The van der Waals surface area contributed by atoms with Gasteiger partial charge in [0.25, 0.3) is 0 Å².